The Bertz CT molecular complexity index is 630. The Kier molecular flexibility index (Phi) is 9.84. The van der Waals surface area contributed by atoms with E-state index in [0.29, 0.717) is 5.92 Å². The predicted molar refractivity (Wildman–Crippen MR) is 105 cm³/mol. The standard InChI is InChI=1S/C18H33NO6P2/c1-15(2)6-4-7-16(3)8-5-9-17-10-12-19(13-11-17)14-18(26(20,21)22)27(23,24)25/h10-13,15-16,18H,4-9,14H2,1-3H3,(H3-,20,21,22,23,24,25)/p+1. The zero-order valence-corrected chi connectivity index (χ0v) is 18.2. The first kappa shape index (κ1) is 24.5. The zero-order chi connectivity index (χ0) is 20.7. The Morgan fingerprint density at radius 1 is 0.889 bits per heavy atom. The molecule has 0 bridgehead atoms. The van der Waals surface area contributed by atoms with E-state index in [0.717, 1.165) is 30.7 Å². The molecule has 0 aromatic carbocycles. The molecule has 0 saturated carbocycles. The molecule has 27 heavy (non-hydrogen) atoms. The first-order valence-corrected chi connectivity index (χ1v) is 12.8. The van der Waals surface area contributed by atoms with E-state index in [1.807, 2.05) is 12.1 Å². The molecule has 0 saturated heterocycles. The van der Waals surface area contributed by atoms with Crippen LogP contribution >= 0.6 is 15.2 Å². The van der Waals surface area contributed by atoms with E-state index in [1.54, 1.807) is 12.4 Å². The van der Waals surface area contributed by atoms with E-state index in [1.165, 1.54) is 23.8 Å². The molecule has 1 atom stereocenters. The van der Waals surface area contributed by atoms with Gasteiger partial charge in [0.1, 0.15) is 0 Å². The summed E-state index contributed by atoms with van der Waals surface area (Å²) in [5.41, 5.74) is 1.10. The number of rotatable bonds is 12. The van der Waals surface area contributed by atoms with Crippen molar-refractivity contribution in [3.8, 4) is 0 Å². The van der Waals surface area contributed by atoms with Crippen LogP contribution in [-0.2, 0) is 22.1 Å². The van der Waals surface area contributed by atoms with Gasteiger partial charge >= 0.3 is 15.2 Å². The van der Waals surface area contributed by atoms with Gasteiger partial charge in [0, 0.05) is 12.1 Å². The molecular formula is C18H34NO6P2+. The Labute approximate surface area is 162 Å². The van der Waals surface area contributed by atoms with Crippen LogP contribution in [0.15, 0.2) is 24.5 Å². The number of hydrogen-bond donors (Lipinski definition) is 4. The van der Waals surface area contributed by atoms with E-state index in [-0.39, 0.29) is 0 Å². The molecule has 0 amide bonds. The summed E-state index contributed by atoms with van der Waals surface area (Å²) in [4.78, 5) is 36.8. The molecule has 0 spiro atoms. The smallest absolute Gasteiger partial charge is 0.324 e. The number of pyridine rings is 1. The normalized spacial score (nSPS) is 14.1. The average molecular weight is 422 g/mol. The second-order valence-electron chi connectivity index (χ2n) is 7.88. The first-order chi connectivity index (χ1) is 12.4. The van der Waals surface area contributed by atoms with Crippen LogP contribution in [0.5, 0.6) is 0 Å². The highest BCUT2D eigenvalue weighted by Crippen LogP contribution is 2.59. The van der Waals surface area contributed by atoms with Crippen molar-refractivity contribution in [1.82, 2.24) is 0 Å². The minimum atomic E-state index is -4.90. The van der Waals surface area contributed by atoms with Gasteiger partial charge in [-0.05, 0) is 30.2 Å². The molecule has 7 nitrogen and oxygen atoms in total. The highest BCUT2D eigenvalue weighted by Gasteiger charge is 2.46. The van der Waals surface area contributed by atoms with E-state index in [4.69, 9.17) is 0 Å². The third kappa shape index (κ3) is 9.98. The van der Waals surface area contributed by atoms with Gasteiger partial charge < -0.3 is 19.6 Å². The summed E-state index contributed by atoms with van der Waals surface area (Å²) in [5, 5.41) is -2.02. The van der Waals surface area contributed by atoms with Crippen molar-refractivity contribution >= 4 is 15.2 Å². The Morgan fingerprint density at radius 3 is 1.89 bits per heavy atom. The molecule has 1 rings (SSSR count). The zero-order valence-electron chi connectivity index (χ0n) is 16.4. The van der Waals surface area contributed by atoms with Crippen LogP contribution in [0.25, 0.3) is 0 Å². The monoisotopic (exact) mass is 422 g/mol. The third-order valence-electron chi connectivity index (χ3n) is 4.75. The fourth-order valence-electron chi connectivity index (χ4n) is 3.05. The maximum atomic E-state index is 11.4. The summed E-state index contributed by atoms with van der Waals surface area (Å²) >= 11 is 0. The van der Waals surface area contributed by atoms with Crippen molar-refractivity contribution in [2.24, 2.45) is 11.8 Å². The predicted octanol–water partition coefficient (Wildman–Crippen LogP) is 3.44. The lowest BCUT2D eigenvalue weighted by atomic mass is 9.94. The number of hydrogen-bond acceptors (Lipinski definition) is 2. The number of aromatic nitrogens is 1. The van der Waals surface area contributed by atoms with Gasteiger partial charge in [-0.1, -0.05) is 46.5 Å². The van der Waals surface area contributed by atoms with Gasteiger partial charge in [-0.3, -0.25) is 9.13 Å². The summed E-state index contributed by atoms with van der Waals surface area (Å²) in [7, 11) is -9.81. The summed E-state index contributed by atoms with van der Waals surface area (Å²) in [6, 6.07) is 3.67. The van der Waals surface area contributed by atoms with Crippen molar-refractivity contribution in [2.75, 3.05) is 0 Å². The highest BCUT2D eigenvalue weighted by atomic mass is 31.2. The van der Waals surface area contributed by atoms with E-state index >= 15 is 0 Å². The Morgan fingerprint density at radius 2 is 1.41 bits per heavy atom. The van der Waals surface area contributed by atoms with E-state index in [2.05, 4.69) is 20.8 Å². The first-order valence-electron chi connectivity index (χ1n) is 9.48. The molecule has 1 aromatic rings. The van der Waals surface area contributed by atoms with Crippen molar-refractivity contribution in [2.45, 2.75) is 71.2 Å². The fraction of sp³-hybridized carbons (Fsp3) is 0.722. The van der Waals surface area contributed by atoms with Crippen LogP contribution in [0.4, 0.5) is 0 Å². The third-order valence-corrected chi connectivity index (χ3v) is 8.44. The van der Waals surface area contributed by atoms with Crippen LogP contribution in [0, 0.1) is 11.8 Å². The van der Waals surface area contributed by atoms with Gasteiger partial charge in [0.05, 0.1) is 0 Å². The molecule has 1 heterocycles. The Hall–Kier alpha value is -0.550. The topological polar surface area (TPSA) is 119 Å². The van der Waals surface area contributed by atoms with Crippen molar-refractivity contribution in [3.05, 3.63) is 30.1 Å². The second-order valence-corrected chi connectivity index (χ2v) is 11.9. The minimum Gasteiger partial charge on any atom is -0.324 e. The molecule has 4 N–H and O–H groups in total. The molecular weight excluding hydrogens is 388 g/mol. The van der Waals surface area contributed by atoms with Crippen molar-refractivity contribution in [1.29, 1.82) is 0 Å². The van der Waals surface area contributed by atoms with Gasteiger partial charge in [-0.15, -0.1) is 0 Å². The molecule has 156 valence electrons. The lowest BCUT2D eigenvalue weighted by Gasteiger charge is -2.16. The van der Waals surface area contributed by atoms with Gasteiger partial charge in [0.25, 0.3) is 0 Å². The highest BCUT2D eigenvalue weighted by molar-refractivity contribution is 7.70. The van der Waals surface area contributed by atoms with E-state index in [9.17, 15) is 28.7 Å². The van der Waals surface area contributed by atoms with Gasteiger partial charge in [-0.2, -0.15) is 0 Å². The SMILES string of the molecule is CC(C)CCCC(C)CCCc1cc[n+](CC(P(=O)(O)O)P(=O)(O)O)cc1. The van der Waals surface area contributed by atoms with E-state index < -0.39 is 27.1 Å². The molecule has 1 aromatic heterocycles. The van der Waals surface area contributed by atoms with Crippen LogP contribution in [-0.4, -0.2) is 25.0 Å². The molecule has 0 aliphatic carbocycles. The van der Waals surface area contributed by atoms with Crippen LogP contribution < -0.4 is 4.57 Å². The molecule has 0 aliphatic heterocycles. The number of aryl methyl sites for hydroxylation is 1. The number of nitrogens with zero attached hydrogens (tertiary/aromatic N) is 1. The summed E-state index contributed by atoms with van der Waals surface area (Å²) in [5.74, 6) is 1.45. The maximum Gasteiger partial charge on any atom is 0.347 e. The van der Waals surface area contributed by atoms with Crippen LogP contribution in [0.3, 0.4) is 0 Å². The molecule has 9 heteroatoms. The van der Waals surface area contributed by atoms with Crippen molar-refractivity contribution in [3.63, 3.8) is 0 Å². The summed E-state index contributed by atoms with van der Waals surface area (Å²) in [6.07, 6.45) is 10.2. The molecule has 1 unspecified atom stereocenters. The maximum absolute atomic E-state index is 11.4. The fourth-order valence-corrected chi connectivity index (χ4v) is 5.42. The van der Waals surface area contributed by atoms with Gasteiger partial charge in [0.2, 0.25) is 5.40 Å². The lowest BCUT2D eigenvalue weighted by molar-refractivity contribution is -0.694. The lowest BCUT2D eigenvalue weighted by Crippen LogP contribution is -2.39. The van der Waals surface area contributed by atoms with Gasteiger partial charge in [0.15, 0.2) is 18.9 Å². The van der Waals surface area contributed by atoms with Crippen LogP contribution in [0.1, 0.15) is 58.4 Å². The quantitative estimate of drug-likeness (QED) is 0.303. The average Bonchev–Trinajstić information content (AvgIpc) is 2.51. The largest absolute Gasteiger partial charge is 0.347 e. The molecule has 0 aliphatic rings. The van der Waals surface area contributed by atoms with Gasteiger partial charge in [-0.25, -0.2) is 4.57 Å². The van der Waals surface area contributed by atoms with Crippen LogP contribution in [0.2, 0.25) is 0 Å². The molecule has 0 fully saturated rings. The second kappa shape index (κ2) is 10.8. The minimum absolute atomic E-state index is 0.429. The molecule has 0 radical (unpaired) electrons. The summed E-state index contributed by atoms with van der Waals surface area (Å²) < 4.78 is 24.1. The summed E-state index contributed by atoms with van der Waals surface area (Å²) in [6.45, 7) is 6.34. The Balaban J connectivity index is 2.50. The van der Waals surface area contributed by atoms with Crippen molar-refractivity contribution < 1.29 is 33.3 Å².